The fourth-order valence-electron chi connectivity index (χ4n) is 3.55. The number of hydrogen-bond donors (Lipinski definition) is 1. The van der Waals surface area contributed by atoms with E-state index in [0.717, 1.165) is 30.2 Å². The zero-order chi connectivity index (χ0) is 18.4. The van der Waals surface area contributed by atoms with Crippen molar-refractivity contribution < 1.29 is 13.9 Å². The van der Waals surface area contributed by atoms with Crippen molar-refractivity contribution in [3.63, 3.8) is 0 Å². The number of benzene rings is 1. The average molecular weight is 356 g/mol. The van der Waals surface area contributed by atoms with Gasteiger partial charge in [-0.25, -0.2) is 0 Å². The first-order valence-electron chi connectivity index (χ1n) is 9.35. The topological polar surface area (TPSA) is 54.7 Å². The molecule has 0 spiro atoms. The Balaban J connectivity index is 1.54. The van der Waals surface area contributed by atoms with Crippen molar-refractivity contribution in [1.29, 1.82) is 0 Å². The summed E-state index contributed by atoms with van der Waals surface area (Å²) in [6.45, 7) is 4.78. The van der Waals surface area contributed by atoms with E-state index in [4.69, 9.17) is 9.15 Å². The molecule has 1 aliphatic heterocycles. The summed E-state index contributed by atoms with van der Waals surface area (Å²) in [6, 6.07) is 11.9. The number of hydrogen-bond acceptors (Lipinski definition) is 4. The summed E-state index contributed by atoms with van der Waals surface area (Å²) in [6.07, 6.45) is 4.59. The lowest BCUT2D eigenvalue weighted by atomic mass is 9.97. The fourth-order valence-corrected chi connectivity index (χ4v) is 3.55. The van der Waals surface area contributed by atoms with Gasteiger partial charge in [0.2, 0.25) is 5.91 Å². The summed E-state index contributed by atoms with van der Waals surface area (Å²) in [5.74, 6) is 1.99. The number of furan rings is 1. The van der Waals surface area contributed by atoms with Gasteiger partial charge in [0.15, 0.2) is 0 Å². The van der Waals surface area contributed by atoms with Crippen molar-refractivity contribution in [2.75, 3.05) is 26.7 Å². The van der Waals surface area contributed by atoms with Crippen LogP contribution in [-0.4, -0.2) is 37.6 Å². The summed E-state index contributed by atoms with van der Waals surface area (Å²) in [5, 5.41) is 3.11. The Morgan fingerprint density at radius 3 is 2.58 bits per heavy atom. The molecule has 140 valence electrons. The third-order valence-corrected chi connectivity index (χ3v) is 5.12. The molecule has 5 heteroatoms. The number of amides is 1. The monoisotopic (exact) mass is 356 g/mol. The molecule has 0 saturated carbocycles. The van der Waals surface area contributed by atoms with Gasteiger partial charge in [0, 0.05) is 13.0 Å². The number of nitrogens with one attached hydrogen (secondary N) is 1. The molecular formula is C21H28N2O3. The lowest BCUT2D eigenvalue weighted by Crippen LogP contribution is -2.36. The average Bonchev–Trinajstić information content (AvgIpc) is 3.36. The van der Waals surface area contributed by atoms with Crippen LogP contribution in [0.4, 0.5) is 0 Å². The molecule has 1 fully saturated rings. The summed E-state index contributed by atoms with van der Waals surface area (Å²) in [7, 11) is 1.65. The van der Waals surface area contributed by atoms with Crippen molar-refractivity contribution in [3.8, 4) is 5.75 Å². The van der Waals surface area contributed by atoms with E-state index in [1.807, 2.05) is 36.4 Å². The van der Waals surface area contributed by atoms with Crippen LogP contribution in [0.5, 0.6) is 5.75 Å². The van der Waals surface area contributed by atoms with E-state index < -0.39 is 0 Å². The van der Waals surface area contributed by atoms with Crippen LogP contribution in [0, 0.1) is 0 Å². The molecule has 1 amide bonds. The van der Waals surface area contributed by atoms with Crippen LogP contribution in [0.3, 0.4) is 0 Å². The summed E-state index contributed by atoms with van der Waals surface area (Å²) in [5.41, 5.74) is 1.14. The standard InChI is InChI=1S/C21H28N2O3/c1-16(17-7-9-18(25-2)10-8-17)14-21(24)22-15-19(20-6-5-13-26-20)23-11-3-4-12-23/h5-10,13,16,19H,3-4,11-12,14-15H2,1-2H3,(H,22,24). The Morgan fingerprint density at radius 1 is 1.23 bits per heavy atom. The highest BCUT2D eigenvalue weighted by Gasteiger charge is 2.26. The predicted octanol–water partition coefficient (Wildman–Crippen LogP) is 3.74. The zero-order valence-electron chi connectivity index (χ0n) is 15.6. The van der Waals surface area contributed by atoms with Gasteiger partial charge >= 0.3 is 0 Å². The molecule has 2 heterocycles. The second kappa shape index (κ2) is 8.90. The van der Waals surface area contributed by atoms with Crippen molar-refractivity contribution in [2.24, 2.45) is 0 Å². The minimum Gasteiger partial charge on any atom is -0.497 e. The highest BCUT2D eigenvalue weighted by atomic mass is 16.5. The Morgan fingerprint density at radius 2 is 1.96 bits per heavy atom. The molecule has 1 aromatic carbocycles. The smallest absolute Gasteiger partial charge is 0.220 e. The normalized spacial score (nSPS) is 17.0. The first-order chi connectivity index (χ1) is 12.7. The molecule has 0 bridgehead atoms. The van der Waals surface area contributed by atoms with Crippen LogP contribution < -0.4 is 10.1 Å². The number of ether oxygens (including phenoxy) is 1. The summed E-state index contributed by atoms with van der Waals surface area (Å²) in [4.78, 5) is 14.8. The molecule has 1 aromatic heterocycles. The number of rotatable bonds is 8. The molecule has 5 nitrogen and oxygen atoms in total. The van der Waals surface area contributed by atoms with Crippen LogP contribution in [0.15, 0.2) is 47.1 Å². The molecule has 0 aliphatic carbocycles. The highest BCUT2D eigenvalue weighted by molar-refractivity contribution is 5.76. The quantitative estimate of drug-likeness (QED) is 0.783. The second-order valence-electron chi connectivity index (χ2n) is 6.96. The van der Waals surface area contributed by atoms with Gasteiger partial charge in [-0.15, -0.1) is 0 Å². The molecule has 1 saturated heterocycles. The lowest BCUT2D eigenvalue weighted by Gasteiger charge is -2.26. The maximum atomic E-state index is 12.5. The molecule has 26 heavy (non-hydrogen) atoms. The van der Waals surface area contributed by atoms with Crippen LogP contribution in [0.2, 0.25) is 0 Å². The van der Waals surface area contributed by atoms with Crippen LogP contribution >= 0.6 is 0 Å². The van der Waals surface area contributed by atoms with Gasteiger partial charge in [0.25, 0.3) is 0 Å². The number of nitrogens with zero attached hydrogens (tertiary/aromatic N) is 1. The van der Waals surface area contributed by atoms with Crippen LogP contribution in [0.25, 0.3) is 0 Å². The highest BCUT2D eigenvalue weighted by Crippen LogP contribution is 2.25. The largest absolute Gasteiger partial charge is 0.497 e. The van der Waals surface area contributed by atoms with Gasteiger partial charge < -0.3 is 14.5 Å². The maximum Gasteiger partial charge on any atom is 0.220 e. The Kier molecular flexibility index (Phi) is 6.34. The van der Waals surface area contributed by atoms with E-state index >= 15 is 0 Å². The molecule has 3 rings (SSSR count). The first kappa shape index (κ1) is 18.5. The van der Waals surface area contributed by atoms with Crippen LogP contribution in [-0.2, 0) is 4.79 Å². The van der Waals surface area contributed by atoms with E-state index in [-0.39, 0.29) is 17.9 Å². The van der Waals surface area contributed by atoms with E-state index in [2.05, 4.69) is 17.1 Å². The van der Waals surface area contributed by atoms with Gasteiger partial charge in [-0.3, -0.25) is 9.69 Å². The lowest BCUT2D eigenvalue weighted by molar-refractivity contribution is -0.121. The van der Waals surface area contributed by atoms with Gasteiger partial charge in [-0.2, -0.15) is 0 Å². The fraction of sp³-hybridized carbons (Fsp3) is 0.476. The van der Waals surface area contributed by atoms with E-state index in [1.54, 1.807) is 13.4 Å². The Bertz CT molecular complexity index is 676. The molecular weight excluding hydrogens is 328 g/mol. The molecule has 2 aromatic rings. The summed E-state index contributed by atoms with van der Waals surface area (Å²) >= 11 is 0. The number of carbonyl (C=O) groups is 1. The van der Waals surface area contributed by atoms with Gasteiger partial charge in [-0.05, 0) is 61.7 Å². The molecule has 1 aliphatic rings. The third-order valence-electron chi connectivity index (χ3n) is 5.12. The SMILES string of the molecule is COc1ccc(C(C)CC(=O)NCC(c2ccco2)N2CCCC2)cc1. The second-order valence-corrected chi connectivity index (χ2v) is 6.96. The summed E-state index contributed by atoms with van der Waals surface area (Å²) < 4.78 is 10.8. The number of likely N-dealkylation sites (tertiary alicyclic amines) is 1. The molecule has 1 N–H and O–H groups in total. The predicted molar refractivity (Wildman–Crippen MR) is 101 cm³/mol. The molecule has 2 atom stereocenters. The van der Waals surface area contributed by atoms with Crippen molar-refractivity contribution in [1.82, 2.24) is 10.2 Å². The van der Waals surface area contributed by atoms with Crippen LogP contribution in [0.1, 0.15) is 49.5 Å². The first-order valence-corrected chi connectivity index (χ1v) is 9.35. The van der Waals surface area contributed by atoms with Crippen molar-refractivity contribution >= 4 is 5.91 Å². The Hall–Kier alpha value is -2.27. The van der Waals surface area contributed by atoms with Gasteiger partial charge in [0.1, 0.15) is 11.5 Å². The van der Waals surface area contributed by atoms with Crippen molar-refractivity contribution in [2.45, 2.75) is 38.1 Å². The minimum atomic E-state index is 0.0732. The molecule has 0 radical (unpaired) electrons. The number of carbonyl (C=O) groups excluding carboxylic acids is 1. The van der Waals surface area contributed by atoms with Crippen molar-refractivity contribution in [3.05, 3.63) is 54.0 Å². The number of methoxy groups -OCH3 is 1. The van der Waals surface area contributed by atoms with E-state index in [9.17, 15) is 4.79 Å². The third kappa shape index (κ3) is 4.67. The van der Waals surface area contributed by atoms with E-state index in [1.165, 1.54) is 12.8 Å². The zero-order valence-corrected chi connectivity index (χ0v) is 15.6. The van der Waals surface area contributed by atoms with Gasteiger partial charge in [0.05, 0.1) is 19.4 Å². The maximum absolute atomic E-state index is 12.5. The van der Waals surface area contributed by atoms with Gasteiger partial charge in [-0.1, -0.05) is 19.1 Å². The minimum absolute atomic E-state index is 0.0732. The molecule has 2 unspecified atom stereocenters. The Labute approximate surface area is 155 Å². The van der Waals surface area contributed by atoms with E-state index in [0.29, 0.717) is 13.0 Å².